The molecule has 0 atom stereocenters. The molecule has 2 nitrogen and oxygen atoms in total. The molecule has 1 aliphatic rings. The molecule has 1 saturated carbocycles. The van der Waals surface area contributed by atoms with Crippen LogP contribution in [0.2, 0.25) is 0 Å². The molecule has 0 aromatic carbocycles. The Labute approximate surface area is 42.8 Å². The van der Waals surface area contributed by atoms with E-state index in [1.165, 1.54) is 12.8 Å². The van der Waals surface area contributed by atoms with Gasteiger partial charge in [0, 0.05) is 11.6 Å². The molecule has 1 fully saturated rings. The summed E-state index contributed by atoms with van der Waals surface area (Å²) in [5.41, 5.74) is 0.259. The predicted molar refractivity (Wildman–Crippen MR) is 27.6 cm³/mol. The van der Waals surface area contributed by atoms with Crippen LogP contribution in [0.15, 0.2) is 5.16 Å². The van der Waals surface area contributed by atoms with E-state index in [2.05, 4.69) is 12.1 Å². The molecule has 0 bridgehead atoms. The third kappa shape index (κ3) is 0.918. The van der Waals surface area contributed by atoms with Crippen LogP contribution in [0.3, 0.4) is 0 Å². The van der Waals surface area contributed by atoms with E-state index in [9.17, 15) is 0 Å². The number of hydrogen-bond donors (Lipinski definition) is 1. The summed E-state index contributed by atoms with van der Waals surface area (Å²) in [6, 6.07) is 0. The van der Waals surface area contributed by atoms with E-state index in [1.54, 1.807) is 6.21 Å². The van der Waals surface area contributed by atoms with Crippen molar-refractivity contribution in [2.75, 3.05) is 0 Å². The molecule has 0 amide bonds. The molecule has 0 spiro atoms. The summed E-state index contributed by atoms with van der Waals surface area (Å²) in [5.74, 6) is 0. The molecular weight excluding hydrogens is 90.1 g/mol. The summed E-state index contributed by atoms with van der Waals surface area (Å²) in [5, 5.41) is 11.0. The maximum atomic E-state index is 8.01. The van der Waals surface area contributed by atoms with Crippen molar-refractivity contribution in [1.29, 1.82) is 0 Å². The zero-order chi connectivity index (χ0) is 5.33. The van der Waals surface area contributed by atoms with Gasteiger partial charge < -0.3 is 5.21 Å². The van der Waals surface area contributed by atoms with Gasteiger partial charge in [-0.25, -0.2) is 0 Å². The van der Waals surface area contributed by atoms with Gasteiger partial charge >= 0.3 is 0 Å². The van der Waals surface area contributed by atoms with Gasteiger partial charge in [-0.1, -0.05) is 6.92 Å². The van der Waals surface area contributed by atoms with Gasteiger partial charge in [-0.05, 0) is 12.8 Å². The Balaban J connectivity index is 2.40. The summed E-state index contributed by atoms with van der Waals surface area (Å²) in [4.78, 5) is 0. The quantitative estimate of drug-likeness (QED) is 0.299. The molecule has 2 heteroatoms. The molecule has 0 radical (unpaired) electrons. The molecule has 7 heavy (non-hydrogen) atoms. The van der Waals surface area contributed by atoms with E-state index in [0.29, 0.717) is 0 Å². The van der Waals surface area contributed by atoms with Gasteiger partial charge in [-0.3, -0.25) is 0 Å². The molecule has 0 aromatic rings. The number of rotatable bonds is 1. The Morgan fingerprint density at radius 3 is 2.43 bits per heavy atom. The lowest BCUT2D eigenvalue weighted by Crippen LogP contribution is -1.91. The summed E-state index contributed by atoms with van der Waals surface area (Å²) in [7, 11) is 0. The van der Waals surface area contributed by atoms with Crippen molar-refractivity contribution in [2.24, 2.45) is 10.6 Å². The predicted octanol–water partition coefficient (Wildman–Crippen LogP) is 1.25. The highest BCUT2D eigenvalue weighted by atomic mass is 16.4. The maximum Gasteiger partial charge on any atom is 0.0494 e. The fourth-order valence-electron chi connectivity index (χ4n) is 0.466. The van der Waals surface area contributed by atoms with E-state index in [4.69, 9.17) is 5.21 Å². The van der Waals surface area contributed by atoms with E-state index in [0.717, 1.165) is 0 Å². The van der Waals surface area contributed by atoms with Crippen LogP contribution in [-0.4, -0.2) is 11.4 Å². The molecule has 1 N–H and O–H groups in total. The SMILES string of the molecule is CC1(C=NO)CC1. The Hall–Kier alpha value is -0.530. The lowest BCUT2D eigenvalue weighted by Gasteiger charge is -1.90. The first-order chi connectivity index (χ1) is 3.27. The smallest absolute Gasteiger partial charge is 0.0494 e. The van der Waals surface area contributed by atoms with Gasteiger partial charge in [0.2, 0.25) is 0 Å². The lowest BCUT2D eigenvalue weighted by atomic mass is 10.2. The molecule has 0 saturated heterocycles. The fraction of sp³-hybridized carbons (Fsp3) is 0.800. The molecular formula is C5H9NO. The van der Waals surface area contributed by atoms with Crippen molar-refractivity contribution in [3.8, 4) is 0 Å². The van der Waals surface area contributed by atoms with E-state index in [-0.39, 0.29) is 5.41 Å². The average molecular weight is 99.1 g/mol. The molecule has 0 heterocycles. The number of nitrogens with zero attached hydrogens (tertiary/aromatic N) is 1. The standard InChI is InChI=1S/C5H9NO/c1-5(2-3-5)4-6-7/h4,7H,2-3H2,1H3. The van der Waals surface area contributed by atoms with Gasteiger partial charge in [-0.2, -0.15) is 0 Å². The first-order valence-corrected chi connectivity index (χ1v) is 2.45. The highest BCUT2D eigenvalue weighted by Gasteiger charge is 2.35. The molecule has 0 aromatic heterocycles. The third-order valence-electron chi connectivity index (χ3n) is 1.41. The minimum atomic E-state index is 0.259. The molecule has 1 aliphatic carbocycles. The second kappa shape index (κ2) is 1.22. The number of oxime groups is 1. The van der Waals surface area contributed by atoms with Crippen molar-refractivity contribution in [1.82, 2.24) is 0 Å². The Bertz CT molecular complexity index is 94.3. The summed E-state index contributed by atoms with van der Waals surface area (Å²) < 4.78 is 0. The van der Waals surface area contributed by atoms with Gasteiger partial charge in [0.05, 0.1) is 0 Å². The number of hydrogen-bond acceptors (Lipinski definition) is 2. The van der Waals surface area contributed by atoms with Crippen molar-refractivity contribution < 1.29 is 5.21 Å². The van der Waals surface area contributed by atoms with Gasteiger partial charge in [0.1, 0.15) is 0 Å². The Morgan fingerprint density at radius 1 is 1.71 bits per heavy atom. The van der Waals surface area contributed by atoms with E-state index < -0.39 is 0 Å². The maximum absolute atomic E-state index is 8.01. The lowest BCUT2D eigenvalue weighted by molar-refractivity contribution is 0.318. The van der Waals surface area contributed by atoms with E-state index in [1.807, 2.05) is 0 Å². The van der Waals surface area contributed by atoms with Crippen LogP contribution in [0.5, 0.6) is 0 Å². The molecule has 0 unspecified atom stereocenters. The van der Waals surface area contributed by atoms with Gasteiger partial charge in [0.15, 0.2) is 0 Å². The highest BCUT2D eigenvalue weighted by Crippen LogP contribution is 2.42. The van der Waals surface area contributed by atoms with Crippen LogP contribution in [0.1, 0.15) is 19.8 Å². The molecule has 0 aliphatic heterocycles. The average Bonchev–Trinajstić information content (AvgIpc) is 2.22. The minimum Gasteiger partial charge on any atom is -0.411 e. The monoisotopic (exact) mass is 99.1 g/mol. The van der Waals surface area contributed by atoms with Crippen molar-refractivity contribution in [3.63, 3.8) is 0 Å². The summed E-state index contributed by atoms with van der Waals surface area (Å²) >= 11 is 0. The van der Waals surface area contributed by atoms with Gasteiger partial charge in [-0.15, -0.1) is 5.16 Å². The summed E-state index contributed by atoms with van der Waals surface area (Å²) in [6.45, 7) is 2.08. The zero-order valence-corrected chi connectivity index (χ0v) is 4.39. The molecule has 1 rings (SSSR count). The highest BCUT2D eigenvalue weighted by molar-refractivity contribution is 5.67. The first-order valence-electron chi connectivity index (χ1n) is 2.45. The van der Waals surface area contributed by atoms with Crippen LogP contribution >= 0.6 is 0 Å². The van der Waals surface area contributed by atoms with Crippen molar-refractivity contribution in [3.05, 3.63) is 0 Å². The zero-order valence-electron chi connectivity index (χ0n) is 4.39. The van der Waals surface area contributed by atoms with Crippen LogP contribution in [0, 0.1) is 5.41 Å². The second-order valence-electron chi connectivity index (χ2n) is 2.40. The van der Waals surface area contributed by atoms with Crippen LogP contribution < -0.4 is 0 Å². The third-order valence-corrected chi connectivity index (χ3v) is 1.41. The van der Waals surface area contributed by atoms with Crippen molar-refractivity contribution >= 4 is 6.21 Å². The Morgan fingerprint density at radius 2 is 2.29 bits per heavy atom. The Kier molecular flexibility index (Phi) is 0.805. The minimum absolute atomic E-state index is 0.259. The first kappa shape index (κ1) is 4.62. The van der Waals surface area contributed by atoms with E-state index >= 15 is 0 Å². The summed E-state index contributed by atoms with van der Waals surface area (Å²) in [6.07, 6.45) is 3.96. The van der Waals surface area contributed by atoms with Crippen LogP contribution in [0.4, 0.5) is 0 Å². The largest absolute Gasteiger partial charge is 0.411 e. The van der Waals surface area contributed by atoms with Crippen molar-refractivity contribution in [2.45, 2.75) is 19.8 Å². The van der Waals surface area contributed by atoms with Crippen LogP contribution in [0.25, 0.3) is 0 Å². The van der Waals surface area contributed by atoms with Gasteiger partial charge in [0.25, 0.3) is 0 Å². The van der Waals surface area contributed by atoms with Crippen LogP contribution in [-0.2, 0) is 0 Å². The molecule has 40 valence electrons. The fourth-order valence-corrected chi connectivity index (χ4v) is 0.466. The normalized spacial score (nSPS) is 25.9. The second-order valence-corrected chi connectivity index (χ2v) is 2.40. The topological polar surface area (TPSA) is 32.6 Å².